The first kappa shape index (κ1) is 31.8. The molecule has 0 aliphatic heterocycles. The van der Waals surface area contributed by atoms with Crippen molar-refractivity contribution in [1.29, 1.82) is 0 Å². The third-order valence-electron chi connectivity index (χ3n) is 8.45. The third-order valence-corrected chi connectivity index (χ3v) is 8.45. The molecule has 0 fully saturated rings. The molecule has 0 aromatic heterocycles. The van der Waals surface area contributed by atoms with E-state index in [2.05, 4.69) is 140 Å². The monoisotopic (exact) mass is 631 g/mol. The first-order valence-electron chi connectivity index (χ1n) is 15.0. The molecule has 5 aromatic rings. The van der Waals surface area contributed by atoms with Crippen LogP contribution in [0.15, 0.2) is 78.4 Å². The molecule has 2 heteroatoms. The minimum atomic E-state index is 0. The number of rotatable bonds is 3. The number of benzene rings is 4. The SMILES string of the molecule is CCCC1=Cc2c(ccc3ccccc23)C1c1cc(C(C)(C)C)cc2c1[cH-]c1ccc(C(C)(C)C)cc12.C[Si]C.[Zr]. The summed E-state index contributed by atoms with van der Waals surface area (Å²) in [6, 6.07) is 28.2. The summed E-state index contributed by atoms with van der Waals surface area (Å²) < 4.78 is 0. The second-order valence-corrected chi connectivity index (χ2v) is 14.7. The zero-order valence-electron chi connectivity index (χ0n) is 26.5. The zero-order valence-corrected chi connectivity index (χ0v) is 30.0. The van der Waals surface area contributed by atoms with Gasteiger partial charge in [-0.25, -0.2) is 0 Å². The van der Waals surface area contributed by atoms with Crippen molar-refractivity contribution in [2.45, 2.75) is 91.1 Å². The van der Waals surface area contributed by atoms with Gasteiger partial charge in [-0.3, -0.25) is 0 Å². The summed E-state index contributed by atoms with van der Waals surface area (Å²) in [5, 5.41) is 8.29. The molecular weight excluding hydrogens is 588 g/mol. The predicted octanol–water partition coefficient (Wildman–Crippen LogP) is 11.6. The van der Waals surface area contributed by atoms with Gasteiger partial charge in [0.25, 0.3) is 0 Å². The molecule has 0 N–H and O–H groups in total. The summed E-state index contributed by atoms with van der Waals surface area (Å²) in [6.07, 6.45) is 4.80. The van der Waals surface area contributed by atoms with Gasteiger partial charge in [-0.2, -0.15) is 0 Å². The normalized spacial score (nSPS) is 15.0. The van der Waals surface area contributed by atoms with Crippen molar-refractivity contribution in [1.82, 2.24) is 0 Å². The summed E-state index contributed by atoms with van der Waals surface area (Å²) >= 11 is 0. The Morgan fingerprint density at radius 1 is 0.732 bits per heavy atom. The van der Waals surface area contributed by atoms with E-state index in [1.807, 2.05) is 0 Å². The van der Waals surface area contributed by atoms with E-state index >= 15 is 0 Å². The Bertz CT molecular complexity index is 1720. The molecule has 41 heavy (non-hydrogen) atoms. The van der Waals surface area contributed by atoms with Gasteiger partial charge < -0.3 is 0 Å². The van der Waals surface area contributed by atoms with Gasteiger partial charge in [-0.05, 0) is 39.2 Å². The van der Waals surface area contributed by atoms with Crippen LogP contribution in [0.4, 0.5) is 0 Å². The van der Waals surface area contributed by atoms with E-state index in [1.165, 1.54) is 60.1 Å². The molecule has 0 amide bonds. The topological polar surface area (TPSA) is 0 Å². The van der Waals surface area contributed by atoms with Gasteiger partial charge >= 0.3 is 0 Å². The summed E-state index contributed by atoms with van der Waals surface area (Å²) in [5.41, 5.74) is 8.96. The summed E-state index contributed by atoms with van der Waals surface area (Å²) in [4.78, 5) is 0. The van der Waals surface area contributed by atoms with Crippen LogP contribution >= 0.6 is 0 Å². The van der Waals surface area contributed by atoms with Crippen LogP contribution in [0.25, 0.3) is 38.4 Å². The Morgan fingerprint density at radius 3 is 2.05 bits per heavy atom. The second kappa shape index (κ2) is 12.2. The first-order valence-corrected chi connectivity index (χ1v) is 17.0. The Morgan fingerprint density at radius 2 is 1.39 bits per heavy atom. The average molecular weight is 633 g/mol. The number of hydrogen-bond acceptors (Lipinski definition) is 0. The number of hydrogen-bond donors (Lipinski definition) is 0. The Kier molecular flexibility index (Phi) is 9.47. The van der Waals surface area contributed by atoms with Crippen molar-refractivity contribution in [2.24, 2.45) is 0 Å². The fraction of sp³-hybridized carbons (Fsp3) is 0.359. The Balaban J connectivity index is 0.000000929. The molecule has 0 spiro atoms. The zero-order chi connectivity index (χ0) is 28.8. The van der Waals surface area contributed by atoms with E-state index in [0.29, 0.717) is 5.92 Å². The third kappa shape index (κ3) is 6.03. The molecule has 0 nitrogen and oxygen atoms in total. The van der Waals surface area contributed by atoms with E-state index < -0.39 is 0 Å². The van der Waals surface area contributed by atoms with Crippen LogP contribution in [0.3, 0.4) is 0 Å². The molecule has 210 valence electrons. The van der Waals surface area contributed by atoms with Gasteiger partial charge in [0.05, 0.1) is 0 Å². The molecule has 0 saturated heterocycles. The largest absolute Gasteiger partial charge is 0.126 e. The van der Waals surface area contributed by atoms with E-state index in [9.17, 15) is 0 Å². The van der Waals surface area contributed by atoms with Gasteiger partial charge in [-0.15, -0.1) is 33.7 Å². The van der Waals surface area contributed by atoms with Crippen LogP contribution in [-0.4, -0.2) is 9.52 Å². The van der Waals surface area contributed by atoms with Crippen molar-refractivity contribution >= 4 is 47.9 Å². The van der Waals surface area contributed by atoms with Crippen LogP contribution < -0.4 is 0 Å². The molecule has 1 aliphatic carbocycles. The van der Waals surface area contributed by atoms with Crippen LogP contribution in [-0.2, 0) is 37.0 Å². The maximum absolute atomic E-state index is 2.53. The predicted molar refractivity (Wildman–Crippen MR) is 181 cm³/mol. The Labute approximate surface area is 269 Å². The molecule has 2 radical (unpaired) electrons. The maximum atomic E-state index is 2.53. The van der Waals surface area contributed by atoms with E-state index in [-0.39, 0.29) is 37.0 Å². The van der Waals surface area contributed by atoms with Gasteiger partial charge in [0.1, 0.15) is 0 Å². The average Bonchev–Trinajstić information content (AvgIpc) is 3.46. The van der Waals surface area contributed by atoms with Crippen molar-refractivity contribution in [2.75, 3.05) is 0 Å². The first-order chi connectivity index (χ1) is 19.0. The van der Waals surface area contributed by atoms with E-state index in [0.717, 1.165) is 22.4 Å². The molecule has 1 aliphatic rings. The van der Waals surface area contributed by atoms with Gasteiger partial charge in [0, 0.05) is 41.6 Å². The molecule has 5 aromatic carbocycles. The molecule has 0 bridgehead atoms. The fourth-order valence-electron chi connectivity index (χ4n) is 6.34. The second-order valence-electron chi connectivity index (χ2n) is 13.7. The maximum Gasteiger partial charge on any atom is 0.0307 e. The molecule has 6 rings (SSSR count). The number of allylic oxidation sites excluding steroid dienone is 1. The smallest absolute Gasteiger partial charge is 0.0307 e. The van der Waals surface area contributed by atoms with Crippen LogP contribution in [0.1, 0.15) is 95.0 Å². The van der Waals surface area contributed by atoms with Gasteiger partial charge in [0.2, 0.25) is 0 Å². The molecule has 1 unspecified atom stereocenters. The van der Waals surface area contributed by atoms with E-state index in [4.69, 9.17) is 0 Å². The van der Waals surface area contributed by atoms with Gasteiger partial charge in [-0.1, -0.05) is 157 Å². The van der Waals surface area contributed by atoms with Crippen LogP contribution in [0.5, 0.6) is 0 Å². The van der Waals surface area contributed by atoms with Crippen LogP contribution in [0.2, 0.25) is 13.1 Å². The molecular formula is C39H45SiZr-. The van der Waals surface area contributed by atoms with E-state index in [1.54, 1.807) is 5.57 Å². The molecule has 0 heterocycles. The van der Waals surface area contributed by atoms with Gasteiger partial charge in [0.15, 0.2) is 0 Å². The molecule has 0 saturated carbocycles. The van der Waals surface area contributed by atoms with Crippen molar-refractivity contribution in [3.63, 3.8) is 0 Å². The Hall–Kier alpha value is -2.15. The number of fused-ring (bicyclic) bond motifs is 6. The standard InChI is InChI=1S/C37H39.C2H6Si.Zr/c1-8-11-25-19-31-28-13-10-9-12-23(28)15-17-29(31)35(25)34-22-27(37(5,6)7)21-33-30-20-26(36(2,3)4)16-14-24(30)18-32(33)34;1-3-2;/h9-10,12-22,35H,8,11H2,1-7H3;1-2H3;/q-1;;. The minimum Gasteiger partial charge on any atom is -0.126 e. The van der Waals surface area contributed by atoms with Crippen molar-refractivity contribution in [3.8, 4) is 0 Å². The summed E-state index contributed by atoms with van der Waals surface area (Å²) in [5.74, 6) is 0.309. The summed E-state index contributed by atoms with van der Waals surface area (Å²) in [6.45, 7) is 20.6. The fourth-order valence-corrected chi connectivity index (χ4v) is 6.34. The van der Waals surface area contributed by atoms with Crippen molar-refractivity contribution < 1.29 is 26.2 Å². The van der Waals surface area contributed by atoms with Crippen molar-refractivity contribution in [3.05, 3.63) is 106 Å². The quantitative estimate of drug-likeness (QED) is 0.137. The summed E-state index contributed by atoms with van der Waals surface area (Å²) in [7, 11) is 1.08. The minimum absolute atomic E-state index is 0. The van der Waals surface area contributed by atoms with Crippen LogP contribution in [0, 0.1) is 0 Å². The molecule has 1 atom stereocenters.